The number of carbonyl (C=O) groups is 5. The van der Waals surface area contributed by atoms with E-state index in [1.54, 1.807) is 12.1 Å². The molecule has 0 spiro atoms. The van der Waals surface area contributed by atoms with Gasteiger partial charge in [-0.1, -0.05) is 0 Å². The Morgan fingerprint density at radius 3 is 2.59 bits per heavy atom. The molecule has 0 saturated carbocycles. The lowest BCUT2D eigenvalue weighted by molar-refractivity contribution is -0.140. The second-order valence-electron chi connectivity index (χ2n) is 7.76. The molecule has 4 atom stereocenters. The first-order valence-electron chi connectivity index (χ1n) is 10.4. The minimum absolute atomic E-state index is 0.0122. The van der Waals surface area contributed by atoms with E-state index in [9.17, 15) is 29.1 Å². The second kappa shape index (κ2) is 10.6. The zero-order chi connectivity index (χ0) is 24.8. The topological polar surface area (TPSA) is 216 Å². The van der Waals surface area contributed by atoms with Gasteiger partial charge in [-0.3, -0.25) is 29.8 Å². The summed E-state index contributed by atoms with van der Waals surface area (Å²) in [5.41, 5.74) is 6.39. The second-order valence-corrected chi connectivity index (χ2v) is 7.76. The van der Waals surface area contributed by atoms with Crippen LogP contribution in [0.1, 0.15) is 23.2 Å². The van der Waals surface area contributed by atoms with Gasteiger partial charge in [0.1, 0.15) is 18.2 Å². The van der Waals surface area contributed by atoms with Gasteiger partial charge in [0.2, 0.25) is 6.41 Å². The summed E-state index contributed by atoms with van der Waals surface area (Å²) in [5.74, 6) is -3.58. The number of nitrogens with zero attached hydrogens (tertiary/aromatic N) is 2. The van der Waals surface area contributed by atoms with Crippen LogP contribution in [0.5, 0.6) is 0 Å². The van der Waals surface area contributed by atoms with Gasteiger partial charge in [-0.05, 0) is 30.7 Å². The summed E-state index contributed by atoms with van der Waals surface area (Å²) in [6.45, 7) is 0.660. The van der Waals surface area contributed by atoms with Crippen LogP contribution >= 0.6 is 0 Å². The number of nitrogens with two attached hydrogens (primary N) is 1. The van der Waals surface area contributed by atoms with E-state index in [1.807, 2.05) is 0 Å². The van der Waals surface area contributed by atoms with Gasteiger partial charge < -0.3 is 31.5 Å². The van der Waals surface area contributed by atoms with Crippen LogP contribution in [-0.2, 0) is 19.2 Å². The molecule has 8 N–H and O–H groups in total. The van der Waals surface area contributed by atoms with Crippen molar-refractivity contribution in [3.63, 3.8) is 0 Å². The highest BCUT2D eigenvalue weighted by atomic mass is 16.4. The van der Waals surface area contributed by atoms with Gasteiger partial charge in [-0.15, -0.1) is 0 Å². The van der Waals surface area contributed by atoms with Crippen molar-refractivity contribution in [3.8, 4) is 0 Å². The van der Waals surface area contributed by atoms with Crippen molar-refractivity contribution in [2.75, 3.05) is 18.4 Å². The number of nitrogens with one attached hydrogen (secondary N) is 4. The van der Waals surface area contributed by atoms with Crippen molar-refractivity contribution in [2.45, 2.75) is 37.1 Å². The zero-order valence-electron chi connectivity index (χ0n) is 17.9. The molecule has 2 aliphatic rings. The van der Waals surface area contributed by atoms with Gasteiger partial charge in [0.15, 0.2) is 5.96 Å². The van der Waals surface area contributed by atoms with Gasteiger partial charge >= 0.3 is 11.9 Å². The fourth-order valence-electron chi connectivity index (χ4n) is 3.71. The first-order valence-corrected chi connectivity index (χ1v) is 10.4. The minimum atomic E-state index is -1.32. The third-order valence-corrected chi connectivity index (χ3v) is 5.46. The van der Waals surface area contributed by atoms with Crippen molar-refractivity contribution in [2.24, 2.45) is 10.7 Å². The van der Waals surface area contributed by atoms with Crippen molar-refractivity contribution < 1.29 is 34.2 Å². The molecular weight excluding hydrogens is 450 g/mol. The SMILES string of the molecule is NC1=N[C@H]2NC[C@H](CNc3ccc(C(=O)N[C@@H](CCC(=O)O)C(=O)O)cc3)N(C=O)[C@@H]2C(=O)N1. The number of amides is 3. The third kappa shape index (κ3) is 5.78. The van der Waals surface area contributed by atoms with Crippen LogP contribution in [0.25, 0.3) is 0 Å². The summed E-state index contributed by atoms with van der Waals surface area (Å²) in [5, 5.41) is 28.8. The van der Waals surface area contributed by atoms with Gasteiger partial charge in [0.25, 0.3) is 11.8 Å². The highest BCUT2D eigenvalue weighted by molar-refractivity contribution is 6.02. The number of carbonyl (C=O) groups excluding carboxylic acids is 3. The molecule has 14 heteroatoms. The Morgan fingerprint density at radius 2 is 1.97 bits per heavy atom. The van der Waals surface area contributed by atoms with E-state index < -0.39 is 48.4 Å². The van der Waals surface area contributed by atoms with Crippen LogP contribution in [0.2, 0.25) is 0 Å². The molecule has 182 valence electrons. The maximum Gasteiger partial charge on any atom is 0.326 e. The molecule has 14 nitrogen and oxygen atoms in total. The molecule has 1 saturated heterocycles. The number of fused-ring (bicyclic) bond motifs is 1. The van der Waals surface area contributed by atoms with Crippen LogP contribution in [0.3, 0.4) is 0 Å². The lowest BCUT2D eigenvalue weighted by Crippen LogP contribution is -2.70. The minimum Gasteiger partial charge on any atom is -0.481 e. The molecule has 0 aliphatic carbocycles. The fourth-order valence-corrected chi connectivity index (χ4v) is 3.71. The highest BCUT2D eigenvalue weighted by Crippen LogP contribution is 2.18. The molecule has 0 radical (unpaired) electrons. The monoisotopic (exact) mass is 475 g/mol. The van der Waals surface area contributed by atoms with Crippen molar-refractivity contribution in [1.29, 1.82) is 0 Å². The zero-order valence-corrected chi connectivity index (χ0v) is 17.9. The van der Waals surface area contributed by atoms with Crippen LogP contribution in [0, 0.1) is 0 Å². The van der Waals surface area contributed by atoms with E-state index in [-0.39, 0.29) is 24.0 Å². The summed E-state index contributed by atoms with van der Waals surface area (Å²) in [6.07, 6.45) is -0.663. The molecule has 1 aromatic rings. The number of benzene rings is 1. The van der Waals surface area contributed by atoms with Crippen LogP contribution < -0.4 is 27.0 Å². The Hall–Kier alpha value is -4.20. The molecule has 34 heavy (non-hydrogen) atoms. The first kappa shape index (κ1) is 24.4. The molecule has 2 aliphatic heterocycles. The normalized spacial score (nSPS) is 22.5. The number of carboxylic acid groups (broad SMARTS) is 2. The maximum absolute atomic E-state index is 12.3. The van der Waals surface area contributed by atoms with Crippen LogP contribution in [-0.4, -0.2) is 88.6 Å². The summed E-state index contributed by atoms with van der Waals surface area (Å²) >= 11 is 0. The summed E-state index contributed by atoms with van der Waals surface area (Å²) in [4.78, 5) is 63.7. The predicted molar refractivity (Wildman–Crippen MR) is 118 cm³/mol. The number of aliphatic imine (C=N–C) groups is 1. The molecular formula is C20H25N7O7. The number of carboxylic acids is 2. The summed E-state index contributed by atoms with van der Waals surface area (Å²) in [7, 11) is 0. The molecule has 1 fully saturated rings. The quantitative estimate of drug-likeness (QED) is 0.180. The molecule has 3 rings (SSSR count). The van der Waals surface area contributed by atoms with Gasteiger partial charge in [0.05, 0.1) is 6.04 Å². The first-order chi connectivity index (χ1) is 16.2. The summed E-state index contributed by atoms with van der Waals surface area (Å²) < 4.78 is 0. The van der Waals surface area contributed by atoms with Crippen molar-refractivity contribution >= 4 is 41.8 Å². The Bertz CT molecular complexity index is 997. The van der Waals surface area contributed by atoms with E-state index >= 15 is 0 Å². The average Bonchev–Trinajstić information content (AvgIpc) is 2.79. The number of hydrogen-bond acceptors (Lipinski definition) is 9. The number of aliphatic carboxylic acids is 2. The number of guanidine groups is 1. The fraction of sp³-hybridized carbons (Fsp3) is 0.400. The Morgan fingerprint density at radius 1 is 1.26 bits per heavy atom. The smallest absolute Gasteiger partial charge is 0.326 e. The van der Waals surface area contributed by atoms with Crippen molar-refractivity contribution in [1.82, 2.24) is 20.9 Å². The average molecular weight is 475 g/mol. The largest absolute Gasteiger partial charge is 0.481 e. The van der Waals surface area contributed by atoms with Crippen LogP contribution in [0.15, 0.2) is 29.3 Å². The molecule has 0 unspecified atom stereocenters. The number of piperazine rings is 1. The summed E-state index contributed by atoms with van der Waals surface area (Å²) in [6, 6.07) is 3.64. The van der Waals surface area contributed by atoms with Gasteiger partial charge in [-0.25, -0.2) is 9.79 Å². The van der Waals surface area contributed by atoms with Gasteiger partial charge in [-0.2, -0.15) is 0 Å². The number of hydrogen-bond donors (Lipinski definition) is 7. The van der Waals surface area contributed by atoms with E-state index in [4.69, 9.17) is 10.8 Å². The van der Waals surface area contributed by atoms with E-state index in [2.05, 4.69) is 26.3 Å². The Kier molecular flexibility index (Phi) is 7.63. The van der Waals surface area contributed by atoms with Gasteiger partial charge in [0, 0.05) is 30.8 Å². The predicted octanol–water partition coefficient (Wildman–Crippen LogP) is -2.28. The third-order valence-electron chi connectivity index (χ3n) is 5.46. The molecule has 1 aromatic carbocycles. The van der Waals surface area contributed by atoms with Crippen molar-refractivity contribution in [3.05, 3.63) is 29.8 Å². The van der Waals surface area contributed by atoms with E-state index in [1.165, 1.54) is 17.0 Å². The molecule has 0 aromatic heterocycles. The lowest BCUT2D eigenvalue weighted by atomic mass is 10.0. The van der Waals surface area contributed by atoms with Crippen LogP contribution in [0.4, 0.5) is 5.69 Å². The molecule has 2 heterocycles. The molecule has 3 amide bonds. The van der Waals surface area contributed by atoms with E-state index in [0.29, 0.717) is 25.2 Å². The Balaban J connectivity index is 1.58. The molecule has 0 bridgehead atoms. The lowest BCUT2D eigenvalue weighted by Gasteiger charge is -2.44. The number of anilines is 1. The standard InChI is InChI=1S/C20H25N7O7/c21-20-25-16-15(18(32)26-20)27(9-28)12(8-23-16)7-22-11-3-1-10(2-4-11)17(31)24-13(19(33)34)5-6-14(29)30/h1-4,9,12-13,15-16,22-23H,5-8H2,(H,24,31)(H,29,30)(H,33,34)(H3,21,25,26,32)/t12-,13-,15-,16+/m0/s1. The highest BCUT2D eigenvalue weighted by Gasteiger charge is 2.43. The maximum atomic E-state index is 12.3. The number of rotatable bonds is 10. The van der Waals surface area contributed by atoms with E-state index in [0.717, 1.165) is 0 Å². The Labute approximate surface area is 193 Å².